The average molecular weight is 429 g/mol. The normalized spacial score (nSPS) is 14.8. The summed E-state index contributed by atoms with van der Waals surface area (Å²) in [5.74, 6) is -0.704. The molecule has 20 heavy (non-hydrogen) atoms. The lowest BCUT2D eigenvalue weighted by molar-refractivity contribution is -0.141. The highest BCUT2D eigenvalue weighted by molar-refractivity contribution is 14.1. The van der Waals surface area contributed by atoms with Gasteiger partial charge in [0.1, 0.15) is 0 Å². The lowest BCUT2D eigenvalue weighted by Crippen LogP contribution is -2.49. The second-order valence-corrected chi connectivity index (χ2v) is 7.77. The first-order valence-corrected chi connectivity index (χ1v) is 7.87. The van der Waals surface area contributed by atoms with Crippen LogP contribution in [0.5, 0.6) is 0 Å². The third kappa shape index (κ3) is 5.56. The van der Waals surface area contributed by atoms with Crippen molar-refractivity contribution in [2.75, 3.05) is 6.61 Å². The zero-order chi connectivity index (χ0) is 16.4. The Hall–Kier alpha value is -0.360. The summed E-state index contributed by atoms with van der Waals surface area (Å²) >= 11 is 1.64. The molecule has 1 N–H and O–H groups in total. The Balaban J connectivity index is 4.80. The van der Waals surface area contributed by atoms with E-state index in [-0.39, 0.29) is 10.2 Å². The number of carbonyl (C=O) groups is 1. The first kappa shape index (κ1) is 19.6. The van der Waals surface area contributed by atoms with Crippen LogP contribution in [0.2, 0.25) is 0 Å². The Morgan fingerprint density at radius 3 is 2.20 bits per heavy atom. The summed E-state index contributed by atoms with van der Waals surface area (Å²) in [6, 6.07) is -1.09. The van der Waals surface area contributed by atoms with E-state index in [1.54, 1.807) is 22.6 Å². The molecule has 118 valence electrons. The predicted octanol–water partition coefficient (Wildman–Crippen LogP) is 2.33. The molecule has 1 unspecified atom stereocenters. The molecule has 5 nitrogen and oxygen atoms in total. The highest BCUT2D eigenvalue weighted by Crippen LogP contribution is 2.27. The van der Waals surface area contributed by atoms with Crippen molar-refractivity contribution >= 4 is 38.6 Å². The molecule has 0 amide bonds. The van der Waals surface area contributed by atoms with Gasteiger partial charge in [-0.25, -0.2) is 17.9 Å². The summed E-state index contributed by atoms with van der Waals surface area (Å²) in [6.45, 7) is 7.29. The summed E-state index contributed by atoms with van der Waals surface area (Å²) in [5.41, 5.74) is -6.41. The van der Waals surface area contributed by atoms with Gasteiger partial charge in [-0.15, -0.1) is 0 Å². The van der Waals surface area contributed by atoms with Gasteiger partial charge in [0.05, 0.1) is 10.2 Å². The Morgan fingerprint density at radius 1 is 1.40 bits per heavy atom. The largest absolute Gasteiger partial charge is 0.511 e. The van der Waals surface area contributed by atoms with Crippen molar-refractivity contribution < 1.29 is 31.1 Å². The van der Waals surface area contributed by atoms with Gasteiger partial charge in [-0.1, -0.05) is 20.4 Å². The van der Waals surface area contributed by atoms with Crippen LogP contribution < -0.4 is 4.72 Å². The zero-order valence-electron chi connectivity index (χ0n) is 11.0. The summed E-state index contributed by atoms with van der Waals surface area (Å²) < 4.78 is 65.2. The molecule has 0 saturated carbocycles. The fourth-order valence-electron chi connectivity index (χ4n) is 0.914. The molecule has 0 aliphatic rings. The van der Waals surface area contributed by atoms with Gasteiger partial charge < -0.3 is 4.74 Å². The lowest BCUT2D eigenvalue weighted by atomic mass is 9.87. The topological polar surface area (TPSA) is 72.5 Å². The van der Waals surface area contributed by atoms with E-state index in [1.807, 2.05) is 0 Å². The SMILES string of the molecule is C=C(I)C(=O)OCC(C)(C)C(C)NS(=O)(=O)C(F)(F)F. The van der Waals surface area contributed by atoms with Crippen molar-refractivity contribution in [3.05, 3.63) is 10.2 Å². The molecule has 1 atom stereocenters. The number of alkyl halides is 3. The van der Waals surface area contributed by atoms with Crippen molar-refractivity contribution in [3.63, 3.8) is 0 Å². The number of hydrogen-bond acceptors (Lipinski definition) is 4. The smallest absolute Gasteiger partial charge is 0.461 e. The number of esters is 1. The third-order valence-corrected chi connectivity index (χ3v) is 4.32. The highest BCUT2D eigenvalue weighted by Gasteiger charge is 2.47. The molecule has 0 saturated heterocycles. The van der Waals surface area contributed by atoms with E-state index in [4.69, 9.17) is 4.74 Å². The molecule has 0 heterocycles. The van der Waals surface area contributed by atoms with Gasteiger partial charge in [0.2, 0.25) is 0 Å². The van der Waals surface area contributed by atoms with Crippen molar-refractivity contribution in [1.29, 1.82) is 0 Å². The van der Waals surface area contributed by atoms with Crippen LogP contribution in [0.4, 0.5) is 13.2 Å². The second-order valence-electron chi connectivity index (χ2n) is 4.76. The van der Waals surface area contributed by atoms with Crippen LogP contribution in [0.3, 0.4) is 0 Å². The lowest BCUT2D eigenvalue weighted by Gasteiger charge is -2.31. The van der Waals surface area contributed by atoms with Gasteiger partial charge >= 0.3 is 21.5 Å². The molecule has 0 aromatic carbocycles. The molecule has 0 fully saturated rings. The number of hydrogen-bond donors (Lipinski definition) is 1. The maximum atomic E-state index is 12.3. The van der Waals surface area contributed by atoms with Crippen molar-refractivity contribution in [1.82, 2.24) is 4.72 Å². The van der Waals surface area contributed by atoms with Gasteiger partial charge in [-0.2, -0.15) is 13.2 Å². The monoisotopic (exact) mass is 429 g/mol. The summed E-state index contributed by atoms with van der Waals surface area (Å²) in [7, 11) is -5.44. The van der Waals surface area contributed by atoms with Crippen LogP contribution in [0.25, 0.3) is 0 Å². The van der Waals surface area contributed by atoms with Gasteiger partial charge in [0, 0.05) is 11.5 Å². The van der Waals surface area contributed by atoms with Crippen LogP contribution in [0.1, 0.15) is 20.8 Å². The predicted molar refractivity (Wildman–Crippen MR) is 75.5 cm³/mol. The Bertz CT molecular complexity index is 487. The van der Waals surface area contributed by atoms with Gasteiger partial charge in [-0.05, 0) is 29.5 Å². The number of rotatable bonds is 6. The van der Waals surface area contributed by atoms with E-state index < -0.39 is 33.0 Å². The van der Waals surface area contributed by atoms with E-state index in [9.17, 15) is 26.4 Å². The Labute approximate surface area is 129 Å². The quantitative estimate of drug-likeness (QED) is 0.400. The fraction of sp³-hybridized carbons (Fsp3) is 0.700. The first-order chi connectivity index (χ1) is 8.71. The van der Waals surface area contributed by atoms with Crippen LogP contribution in [-0.2, 0) is 19.6 Å². The molecule has 0 aliphatic carbocycles. The molecule has 0 radical (unpaired) electrons. The van der Waals surface area contributed by atoms with E-state index in [2.05, 4.69) is 6.58 Å². The highest BCUT2D eigenvalue weighted by atomic mass is 127. The molecule has 0 aromatic rings. The van der Waals surface area contributed by atoms with E-state index >= 15 is 0 Å². The molecule has 0 rings (SSSR count). The van der Waals surface area contributed by atoms with E-state index in [1.165, 1.54) is 25.5 Å². The van der Waals surface area contributed by atoms with Gasteiger partial charge in [0.15, 0.2) is 0 Å². The molecule has 0 bridgehead atoms. The van der Waals surface area contributed by atoms with Crippen molar-refractivity contribution in [2.45, 2.75) is 32.3 Å². The molecule has 10 heteroatoms. The summed E-state index contributed by atoms with van der Waals surface area (Å²) in [5, 5.41) is 0. The minimum Gasteiger partial charge on any atom is -0.461 e. The average Bonchev–Trinajstić information content (AvgIpc) is 2.23. The molecule has 0 aromatic heterocycles. The molecular weight excluding hydrogens is 414 g/mol. The zero-order valence-corrected chi connectivity index (χ0v) is 14.0. The summed E-state index contributed by atoms with van der Waals surface area (Å²) in [4.78, 5) is 11.2. The van der Waals surface area contributed by atoms with Crippen molar-refractivity contribution in [3.8, 4) is 0 Å². The third-order valence-electron chi connectivity index (χ3n) is 2.61. The number of halogens is 4. The molecule has 0 aliphatic heterocycles. The van der Waals surface area contributed by atoms with Gasteiger partial charge in [0.25, 0.3) is 0 Å². The van der Waals surface area contributed by atoms with Crippen molar-refractivity contribution in [2.24, 2.45) is 5.41 Å². The first-order valence-electron chi connectivity index (χ1n) is 5.31. The minimum absolute atomic E-state index is 0.113. The maximum absolute atomic E-state index is 12.3. The van der Waals surface area contributed by atoms with Gasteiger partial charge in [-0.3, -0.25) is 0 Å². The maximum Gasteiger partial charge on any atom is 0.511 e. The number of carbonyl (C=O) groups excluding carboxylic acids is 1. The second kappa shape index (κ2) is 6.60. The standard InChI is InChI=1S/C10H15F3INO4S/c1-6(14)8(16)19-5-9(3,4)7(2)15-20(17,18)10(11,12)13/h7,15H,1,5H2,2-4H3. The number of nitrogens with one attached hydrogen (secondary N) is 1. The molecule has 0 spiro atoms. The Kier molecular flexibility index (Phi) is 6.48. The van der Waals surface area contributed by atoms with Crippen LogP contribution >= 0.6 is 22.6 Å². The fourth-order valence-corrected chi connectivity index (χ4v) is 1.99. The summed E-state index contributed by atoms with van der Waals surface area (Å²) in [6.07, 6.45) is 0. The minimum atomic E-state index is -5.44. The van der Waals surface area contributed by atoms with Crippen LogP contribution in [0, 0.1) is 5.41 Å². The van der Waals surface area contributed by atoms with Crippen LogP contribution in [-0.4, -0.2) is 32.5 Å². The van der Waals surface area contributed by atoms with Crippen LogP contribution in [0.15, 0.2) is 10.2 Å². The Morgan fingerprint density at radius 2 is 1.85 bits per heavy atom. The number of ether oxygens (including phenoxy) is 1. The number of sulfonamides is 1. The van der Waals surface area contributed by atoms with E-state index in [0.29, 0.717) is 0 Å². The van der Waals surface area contributed by atoms with E-state index in [0.717, 1.165) is 0 Å². The molecular formula is C10H15F3INO4S.